The minimum Gasteiger partial charge on any atom is -0.475 e. The van der Waals surface area contributed by atoms with Crippen molar-refractivity contribution in [3.05, 3.63) is 69.8 Å². The fourth-order valence-corrected chi connectivity index (χ4v) is 1.84. The molecule has 7 heteroatoms. The first-order chi connectivity index (χ1) is 10.4. The van der Waals surface area contributed by atoms with Crippen LogP contribution in [0.4, 0.5) is 14.5 Å². The zero-order valence-electron chi connectivity index (χ0n) is 11.5. The molecule has 2 rings (SSSR count). The van der Waals surface area contributed by atoms with Crippen LogP contribution in [0.2, 0.25) is 0 Å². The van der Waals surface area contributed by atoms with Gasteiger partial charge in [0.1, 0.15) is 0 Å². The monoisotopic (exact) mass is 307 g/mol. The molecular formula is C15H11F2NO4. The van der Waals surface area contributed by atoms with E-state index in [2.05, 4.69) is 0 Å². The van der Waals surface area contributed by atoms with Gasteiger partial charge in [0.05, 0.1) is 4.92 Å². The second-order valence-corrected chi connectivity index (χ2v) is 4.48. The van der Waals surface area contributed by atoms with E-state index < -0.39 is 28.4 Å². The van der Waals surface area contributed by atoms with Gasteiger partial charge in [-0.15, -0.1) is 0 Å². The highest BCUT2D eigenvalue weighted by molar-refractivity contribution is 5.99. The molecule has 0 amide bonds. The largest absolute Gasteiger partial charge is 0.475 e. The molecule has 0 radical (unpaired) electrons. The van der Waals surface area contributed by atoms with Gasteiger partial charge in [-0.1, -0.05) is 12.1 Å². The lowest BCUT2D eigenvalue weighted by Gasteiger charge is -2.13. The number of benzene rings is 2. The molecule has 0 spiro atoms. The maximum Gasteiger partial charge on any atom is 0.310 e. The zero-order valence-corrected chi connectivity index (χ0v) is 11.5. The normalized spacial score (nSPS) is 11.8. The molecule has 2 aromatic carbocycles. The Morgan fingerprint density at radius 2 is 1.86 bits per heavy atom. The van der Waals surface area contributed by atoms with Gasteiger partial charge >= 0.3 is 5.69 Å². The summed E-state index contributed by atoms with van der Waals surface area (Å²) in [5, 5.41) is 10.9. The van der Waals surface area contributed by atoms with Crippen molar-refractivity contribution in [3.8, 4) is 5.75 Å². The summed E-state index contributed by atoms with van der Waals surface area (Å²) in [6.07, 6.45) is -1.09. The van der Waals surface area contributed by atoms with E-state index in [1.807, 2.05) is 0 Å². The first-order valence-corrected chi connectivity index (χ1v) is 6.29. The summed E-state index contributed by atoms with van der Waals surface area (Å²) < 4.78 is 31.3. The van der Waals surface area contributed by atoms with Crippen molar-refractivity contribution < 1.29 is 23.2 Å². The molecule has 0 heterocycles. The second kappa shape index (κ2) is 6.30. The van der Waals surface area contributed by atoms with Crippen LogP contribution in [-0.2, 0) is 0 Å². The van der Waals surface area contributed by atoms with E-state index in [0.29, 0.717) is 0 Å². The molecule has 114 valence electrons. The lowest BCUT2D eigenvalue weighted by molar-refractivity contribution is -0.386. The van der Waals surface area contributed by atoms with E-state index in [0.717, 1.165) is 18.2 Å². The van der Waals surface area contributed by atoms with Gasteiger partial charge in [-0.2, -0.15) is 0 Å². The van der Waals surface area contributed by atoms with Crippen LogP contribution < -0.4 is 4.74 Å². The number of hydrogen-bond acceptors (Lipinski definition) is 4. The van der Waals surface area contributed by atoms with Crippen molar-refractivity contribution in [2.24, 2.45) is 0 Å². The number of nitro benzene ring substituents is 1. The highest BCUT2D eigenvalue weighted by Crippen LogP contribution is 2.27. The fourth-order valence-electron chi connectivity index (χ4n) is 1.84. The Morgan fingerprint density at radius 3 is 2.50 bits per heavy atom. The summed E-state index contributed by atoms with van der Waals surface area (Å²) in [5.41, 5.74) is -0.363. The quantitative estimate of drug-likeness (QED) is 0.481. The van der Waals surface area contributed by atoms with Crippen LogP contribution in [0, 0.1) is 21.7 Å². The number of Topliss-reactive ketones (excluding diaryl/α,β-unsaturated/α-hetero) is 1. The number of carbonyl (C=O) groups is 1. The molecule has 1 atom stereocenters. The number of ketones is 1. The van der Waals surface area contributed by atoms with Crippen LogP contribution in [0.5, 0.6) is 5.75 Å². The lowest BCUT2D eigenvalue weighted by atomic mass is 10.1. The second-order valence-electron chi connectivity index (χ2n) is 4.48. The summed E-state index contributed by atoms with van der Waals surface area (Å²) in [4.78, 5) is 22.3. The molecule has 0 bridgehead atoms. The van der Waals surface area contributed by atoms with E-state index in [-0.39, 0.29) is 17.0 Å². The summed E-state index contributed by atoms with van der Waals surface area (Å²) in [6, 6.07) is 8.30. The van der Waals surface area contributed by atoms with Gasteiger partial charge in [-0.05, 0) is 31.2 Å². The highest BCUT2D eigenvalue weighted by atomic mass is 19.2. The van der Waals surface area contributed by atoms with Crippen LogP contribution in [0.25, 0.3) is 0 Å². The van der Waals surface area contributed by atoms with Crippen LogP contribution >= 0.6 is 0 Å². The molecule has 0 aliphatic carbocycles. The maximum atomic E-state index is 13.1. The third kappa shape index (κ3) is 3.25. The number of nitrogens with zero attached hydrogens (tertiary/aromatic N) is 1. The number of nitro groups is 1. The molecule has 22 heavy (non-hydrogen) atoms. The molecule has 0 N–H and O–H groups in total. The third-order valence-corrected chi connectivity index (χ3v) is 2.94. The zero-order chi connectivity index (χ0) is 16.3. The number of halogens is 2. The van der Waals surface area contributed by atoms with Gasteiger partial charge < -0.3 is 4.74 Å². The first-order valence-electron chi connectivity index (χ1n) is 6.29. The van der Waals surface area contributed by atoms with Crippen molar-refractivity contribution in [3.63, 3.8) is 0 Å². The Morgan fingerprint density at radius 1 is 1.18 bits per heavy atom. The molecule has 2 aromatic rings. The van der Waals surface area contributed by atoms with Gasteiger partial charge in [-0.25, -0.2) is 8.78 Å². The number of rotatable bonds is 5. The molecule has 0 aliphatic heterocycles. The minimum atomic E-state index is -1.15. The summed E-state index contributed by atoms with van der Waals surface area (Å²) >= 11 is 0. The molecule has 0 unspecified atom stereocenters. The Kier molecular flexibility index (Phi) is 4.45. The number of para-hydroxylation sites is 2. The Balaban J connectivity index is 2.22. The van der Waals surface area contributed by atoms with Gasteiger partial charge in [0.25, 0.3) is 0 Å². The molecular weight excluding hydrogens is 296 g/mol. The van der Waals surface area contributed by atoms with Gasteiger partial charge in [0.2, 0.25) is 5.78 Å². The third-order valence-electron chi connectivity index (χ3n) is 2.94. The number of carbonyl (C=O) groups excluding carboxylic acids is 1. The van der Waals surface area contributed by atoms with E-state index in [1.54, 1.807) is 0 Å². The topological polar surface area (TPSA) is 69.4 Å². The summed E-state index contributed by atoms with van der Waals surface area (Å²) in [6.45, 7) is 1.38. The van der Waals surface area contributed by atoms with Crippen LogP contribution in [0.15, 0.2) is 42.5 Å². The van der Waals surface area contributed by atoms with Gasteiger partial charge in [-0.3, -0.25) is 14.9 Å². The van der Waals surface area contributed by atoms with E-state index in [9.17, 15) is 23.7 Å². The molecule has 0 fully saturated rings. The fraction of sp³-hybridized carbons (Fsp3) is 0.133. The SMILES string of the molecule is C[C@H](Oc1ccccc1[N+](=O)[O-])C(=O)c1ccc(F)c(F)c1. The van der Waals surface area contributed by atoms with E-state index >= 15 is 0 Å². The van der Waals surface area contributed by atoms with Crippen LogP contribution in [0.3, 0.4) is 0 Å². The molecule has 0 aliphatic rings. The van der Waals surface area contributed by atoms with Crippen molar-refractivity contribution in [1.29, 1.82) is 0 Å². The Bertz CT molecular complexity index is 733. The van der Waals surface area contributed by atoms with Gasteiger partial charge in [0.15, 0.2) is 23.5 Å². The van der Waals surface area contributed by atoms with Crippen LogP contribution in [-0.4, -0.2) is 16.8 Å². The number of ether oxygens (including phenoxy) is 1. The lowest BCUT2D eigenvalue weighted by Crippen LogP contribution is -2.24. The predicted octanol–water partition coefficient (Wildman–Crippen LogP) is 3.52. The molecule has 0 saturated carbocycles. The first kappa shape index (κ1) is 15.6. The standard InChI is InChI=1S/C15H11F2NO4/c1-9(15(19)10-6-7-11(16)12(17)8-10)22-14-5-3-2-4-13(14)18(20)21/h2-9H,1H3/t9-/m0/s1. The van der Waals surface area contributed by atoms with Crippen molar-refractivity contribution >= 4 is 11.5 Å². The number of hydrogen-bond donors (Lipinski definition) is 0. The summed E-state index contributed by atoms with van der Waals surface area (Å²) in [7, 11) is 0. The Hall–Kier alpha value is -2.83. The summed E-state index contributed by atoms with van der Waals surface area (Å²) in [5.74, 6) is -2.90. The Labute approximate surface area is 124 Å². The van der Waals surface area contributed by atoms with E-state index in [1.165, 1.54) is 31.2 Å². The van der Waals surface area contributed by atoms with Crippen molar-refractivity contribution in [2.75, 3.05) is 0 Å². The smallest absolute Gasteiger partial charge is 0.310 e. The predicted molar refractivity (Wildman–Crippen MR) is 73.9 cm³/mol. The maximum absolute atomic E-state index is 13.1. The molecule has 5 nitrogen and oxygen atoms in total. The molecule has 0 saturated heterocycles. The van der Waals surface area contributed by atoms with Crippen LogP contribution in [0.1, 0.15) is 17.3 Å². The van der Waals surface area contributed by atoms with E-state index in [4.69, 9.17) is 4.74 Å². The molecule has 0 aromatic heterocycles. The highest BCUT2D eigenvalue weighted by Gasteiger charge is 2.22. The minimum absolute atomic E-state index is 0.0732. The van der Waals surface area contributed by atoms with Crippen molar-refractivity contribution in [1.82, 2.24) is 0 Å². The average molecular weight is 307 g/mol. The van der Waals surface area contributed by atoms with Gasteiger partial charge in [0, 0.05) is 11.6 Å². The van der Waals surface area contributed by atoms with Crippen molar-refractivity contribution in [2.45, 2.75) is 13.0 Å². The average Bonchev–Trinajstić information content (AvgIpc) is 2.49.